The Labute approximate surface area is 105 Å². The summed E-state index contributed by atoms with van der Waals surface area (Å²) in [6, 6.07) is 5.43. The Bertz CT molecular complexity index is 433. The maximum absolute atomic E-state index is 11.5. The predicted molar refractivity (Wildman–Crippen MR) is 72.5 cm³/mol. The first-order valence-electron chi connectivity index (χ1n) is 5.20. The number of amides is 2. The lowest BCUT2D eigenvalue weighted by molar-refractivity contribution is -0.114. The van der Waals surface area contributed by atoms with Crippen molar-refractivity contribution >= 4 is 35.0 Å². The molecule has 4 nitrogen and oxygen atoms in total. The van der Waals surface area contributed by atoms with Crippen molar-refractivity contribution in [1.82, 2.24) is 0 Å². The van der Waals surface area contributed by atoms with Gasteiger partial charge in [-0.2, -0.15) is 11.8 Å². The molecule has 0 saturated carbocycles. The van der Waals surface area contributed by atoms with Crippen molar-refractivity contribution in [3.8, 4) is 0 Å². The van der Waals surface area contributed by atoms with Gasteiger partial charge in [0.1, 0.15) is 0 Å². The van der Waals surface area contributed by atoms with Crippen LogP contribution in [-0.4, -0.2) is 23.8 Å². The summed E-state index contributed by atoms with van der Waals surface area (Å²) in [5.41, 5.74) is 2.38. The molecule has 2 amide bonds. The van der Waals surface area contributed by atoms with Gasteiger partial charge >= 0.3 is 0 Å². The molecule has 0 aliphatic rings. The molecule has 0 radical (unpaired) electrons. The molecule has 0 heterocycles. The maximum atomic E-state index is 11.5. The molecule has 0 aromatic heterocycles. The molecular weight excluding hydrogens is 236 g/mol. The minimum atomic E-state index is -0.129. The van der Waals surface area contributed by atoms with Crippen LogP contribution in [0.15, 0.2) is 18.2 Å². The van der Waals surface area contributed by atoms with Crippen molar-refractivity contribution in [2.75, 3.05) is 22.6 Å². The summed E-state index contributed by atoms with van der Waals surface area (Å²) in [4.78, 5) is 22.4. The van der Waals surface area contributed by atoms with Gasteiger partial charge in [-0.25, -0.2) is 0 Å². The van der Waals surface area contributed by atoms with Gasteiger partial charge in [-0.05, 0) is 30.9 Å². The molecule has 0 bridgehead atoms. The van der Waals surface area contributed by atoms with E-state index in [1.165, 1.54) is 18.7 Å². The molecule has 0 spiro atoms. The van der Waals surface area contributed by atoms with Gasteiger partial charge in [-0.1, -0.05) is 6.07 Å². The predicted octanol–water partition coefficient (Wildman–Crippen LogP) is 2.25. The highest BCUT2D eigenvalue weighted by Crippen LogP contribution is 2.20. The smallest absolute Gasteiger partial charge is 0.234 e. The molecule has 0 atom stereocenters. The topological polar surface area (TPSA) is 58.2 Å². The lowest BCUT2D eigenvalue weighted by atomic mass is 10.2. The van der Waals surface area contributed by atoms with Crippen LogP contribution < -0.4 is 10.6 Å². The molecule has 2 N–H and O–H groups in total. The maximum Gasteiger partial charge on any atom is 0.234 e. The second-order valence-corrected chi connectivity index (χ2v) is 4.56. The quantitative estimate of drug-likeness (QED) is 0.864. The zero-order chi connectivity index (χ0) is 12.8. The summed E-state index contributed by atoms with van der Waals surface area (Å²) in [5.74, 6) is 0.250. The molecule has 92 valence electrons. The molecule has 0 fully saturated rings. The molecule has 0 unspecified atom stereocenters. The van der Waals surface area contributed by atoms with E-state index in [0.29, 0.717) is 11.4 Å². The summed E-state index contributed by atoms with van der Waals surface area (Å²) in [6.45, 7) is 3.36. The van der Waals surface area contributed by atoms with Gasteiger partial charge in [-0.15, -0.1) is 0 Å². The first-order chi connectivity index (χ1) is 8.02. The summed E-state index contributed by atoms with van der Waals surface area (Å²) in [5, 5.41) is 5.50. The van der Waals surface area contributed by atoms with E-state index in [2.05, 4.69) is 10.6 Å². The zero-order valence-corrected chi connectivity index (χ0v) is 11.0. The molecule has 1 aromatic rings. The minimum absolute atomic E-state index is 0.0411. The first-order valence-corrected chi connectivity index (χ1v) is 6.59. The third-order valence-corrected chi connectivity index (χ3v) is 2.66. The van der Waals surface area contributed by atoms with Crippen molar-refractivity contribution in [2.24, 2.45) is 0 Å². The third-order valence-electron chi connectivity index (χ3n) is 2.11. The van der Waals surface area contributed by atoms with E-state index in [-0.39, 0.29) is 11.8 Å². The number of hydrogen-bond acceptors (Lipinski definition) is 3. The highest BCUT2D eigenvalue weighted by atomic mass is 32.2. The number of carbonyl (C=O) groups is 2. The normalized spacial score (nSPS) is 9.82. The molecule has 0 saturated heterocycles. The number of hydrogen-bond donors (Lipinski definition) is 2. The molecule has 1 aromatic carbocycles. The van der Waals surface area contributed by atoms with Gasteiger partial charge in [0.15, 0.2) is 0 Å². The van der Waals surface area contributed by atoms with Crippen molar-refractivity contribution in [1.29, 1.82) is 0 Å². The Balaban J connectivity index is 2.83. The number of benzene rings is 1. The van der Waals surface area contributed by atoms with Crippen LogP contribution in [0.1, 0.15) is 12.5 Å². The number of rotatable bonds is 4. The van der Waals surface area contributed by atoms with Crippen LogP contribution in [0, 0.1) is 6.92 Å². The van der Waals surface area contributed by atoms with E-state index in [9.17, 15) is 9.59 Å². The fourth-order valence-electron chi connectivity index (χ4n) is 1.36. The van der Waals surface area contributed by atoms with Crippen molar-refractivity contribution < 1.29 is 9.59 Å². The summed E-state index contributed by atoms with van der Waals surface area (Å²) in [6.07, 6.45) is 1.88. The van der Waals surface area contributed by atoms with Crippen LogP contribution in [-0.2, 0) is 9.59 Å². The Hall–Kier alpha value is -1.49. The lowest BCUT2D eigenvalue weighted by Gasteiger charge is -2.10. The molecule has 5 heteroatoms. The number of aryl methyl sites for hydroxylation is 1. The zero-order valence-electron chi connectivity index (χ0n) is 10.2. The van der Waals surface area contributed by atoms with E-state index >= 15 is 0 Å². The third kappa shape index (κ3) is 4.48. The van der Waals surface area contributed by atoms with Gasteiger partial charge in [0, 0.05) is 18.3 Å². The standard InChI is InChI=1S/C12H16N2O2S/c1-8-4-5-10(13-9(2)15)6-11(8)14-12(16)7-17-3/h4-6H,7H2,1-3H3,(H,13,15)(H,14,16). The van der Waals surface area contributed by atoms with Gasteiger partial charge in [-0.3, -0.25) is 9.59 Å². The Morgan fingerprint density at radius 1 is 1.29 bits per heavy atom. The van der Waals surface area contributed by atoms with Crippen molar-refractivity contribution in [3.63, 3.8) is 0 Å². The SMILES string of the molecule is CSCC(=O)Nc1cc(NC(C)=O)ccc1C. The van der Waals surface area contributed by atoms with E-state index < -0.39 is 0 Å². The average Bonchev–Trinajstić information content (AvgIpc) is 2.22. The highest BCUT2D eigenvalue weighted by molar-refractivity contribution is 7.99. The molecule has 1 rings (SSSR count). The highest BCUT2D eigenvalue weighted by Gasteiger charge is 2.05. The van der Waals surface area contributed by atoms with Gasteiger partial charge in [0.25, 0.3) is 0 Å². The summed E-state index contributed by atoms with van der Waals surface area (Å²) < 4.78 is 0. The Morgan fingerprint density at radius 3 is 2.59 bits per heavy atom. The van der Waals surface area contributed by atoms with E-state index in [1.54, 1.807) is 12.1 Å². The van der Waals surface area contributed by atoms with Gasteiger partial charge in [0.2, 0.25) is 11.8 Å². The largest absolute Gasteiger partial charge is 0.326 e. The molecule has 0 aliphatic heterocycles. The van der Waals surface area contributed by atoms with Gasteiger partial charge < -0.3 is 10.6 Å². The average molecular weight is 252 g/mol. The Kier molecular flexibility index (Phi) is 5.03. The summed E-state index contributed by atoms with van der Waals surface area (Å²) in [7, 11) is 0. The van der Waals surface area contributed by atoms with Crippen molar-refractivity contribution in [2.45, 2.75) is 13.8 Å². The van der Waals surface area contributed by atoms with E-state index in [0.717, 1.165) is 11.3 Å². The molecule has 0 aliphatic carbocycles. The number of anilines is 2. The number of thioether (sulfide) groups is 1. The fraction of sp³-hybridized carbons (Fsp3) is 0.333. The summed E-state index contributed by atoms with van der Waals surface area (Å²) >= 11 is 1.47. The molecule has 17 heavy (non-hydrogen) atoms. The fourth-order valence-corrected chi connectivity index (χ4v) is 1.69. The van der Waals surface area contributed by atoms with Crippen LogP contribution in [0.4, 0.5) is 11.4 Å². The van der Waals surface area contributed by atoms with Crippen LogP contribution in [0.5, 0.6) is 0 Å². The van der Waals surface area contributed by atoms with E-state index in [1.807, 2.05) is 19.2 Å². The monoisotopic (exact) mass is 252 g/mol. The molecular formula is C12H16N2O2S. The number of nitrogens with one attached hydrogen (secondary N) is 2. The van der Waals surface area contributed by atoms with Crippen molar-refractivity contribution in [3.05, 3.63) is 23.8 Å². The number of carbonyl (C=O) groups excluding carboxylic acids is 2. The minimum Gasteiger partial charge on any atom is -0.326 e. The second kappa shape index (κ2) is 6.30. The first kappa shape index (κ1) is 13.6. The second-order valence-electron chi connectivity index (χ2n) is 3.69. The van der Waals surface area contributed by atoms with Crippen LogP contribution in [0.2, 0.25) is 0 Å². The van der Waals surface area contributed by atoms with Gasteiger partial charge in [0.05, 0.1) is 5.75 Å². The van der Waals surface area contributed by atoms with E-state index in [4.69, 9.17) is 0 Å². The van der Waals surface area contributed by atoms with Crippen LogP contribution in [0.25, 0.3) is 0 Å². The lowest BCUT2D eigenvalue weighted by Crippen LogP contribution is -2.15. The van der Waals surface area contributed by atoms with Crippen LogP contribution in [0.3, 0.4) is 0 Å². The Morgan fingerprint density at radius 2 is 2.00 bits per heavy atom. The van der Waals surface area contributed by atoms with Crippen LogP contribution >= 0.6 is 11.8 Å².